The van der Waals surface area contributed by atoms with Crippen molar-refractivity contribution < 1.29 is 0 Å². The third-order valence-electron chi connectivity index (χ3n) is 9.01. The predicted molar refractivity (Wildman–Crippen MR) is 84.4 cm³/mol. The van der Waals surface area contributed by atoms with Crippen LogP contribution in [0.2, 0.25) is 0 Å². The van der Waals surface area contributed by atoms with E-state index in [4.69, 9.17) is 5.73 Å². The smallest absolute Gasteiger partial charge is 0.0226 e. The van der Waals surface area contributed by atoms with Crippen molar-refractivity contribution in [1.82, 2.24) is 0 Å². The molecule has 2 N–H and O–H groups in total. The molecular formula is C20H29N. The third-order valence-corrected chi connectivity index (χ3v) is 9.01. The van der Waals surface area contributed by atoms with E-state index < -0.39 is 0 Å². The molecule has 6 aliphatic rings. The van der Waals surface area contributed by atoms with Crippen molar-refractivity contribution in [2.45, 2.75) is 57.9 Å². The Kier molecular flexibility index (Phi) is 2.09. The molecule has 1 nitrogen and oxygen atoms in total. The first-order chi connectivity index (χ1) is 10.2. The molecule has 5 saturated carbocycles. The second-order valence-electron chi connectivity index (χ2n) is 9.68. The summed E-state index contributed by atoms with van der Waals surface area (Å²) in [4.78, 5) is 0. The number of nitrogens with two attached hydrogens (primary N) is 1. The van der Waals surface area contributed by atoms with Gasteiger partial charge in [-0.2, -0.15) is 0 Å². The first-order valence-corrected chi connectivity index (χ1v) is 9.65. The van der Waals surface area contributed by atoms with Crippen LogP contribution in [0, 0.1) is 52.8 Å². The second-order valence-corrected chi connectivity index (χ2v) is 9.68. The summed E-state index contributed by atoms with van der Waals surface area (Å²) in [6.07, 6.45) is 12.9. The van der Waals surface area contributed by atoms with Gasteiger partial charge in [-0.15, -0.1) is 0 Å². The van der Waals surface area contributed by atoms with E-state index in [0.29, 0.717) is 6.04 Å². The van der Waals surface area contributed by atoms with Gasteiger partial charge in [-0.3, -0.25) is 0 Å². The van der Waals surface area contributed by atoms with Crippen LogP contribution >= 0.6 is 0 Å². The van der Waals surface area contributed by atoms with Crippen LogP contribution in [-0.2, 0) is 0 Å². The van der Waals surface area contributed by atoms with Crippen LogP contribution < -0.4 is 5.73 Å². The zero-order chi connectivity index (χ0) is 13.9. The number of hydrogen-bond donors (Lipinski definition) is 1. The summed E-state index contributed by atoms with van der Waals surface area (Å²) in [7, 11) is 0. The average molecular weight is 283 g/mol. The van der Waals surface area contributed by atoms with Crippen molar-refractivity contribution in [2.24, 2.45) is 58.5 Å². The van der Waals surface area contributed by atoms with Crippen LogP contribution in [0.5, 0.6) is 0 Å². The summed E-state index contributed by atoms with van der Waals surface area (Å²) < 4.78 is 0. The van der Waals surface area contributed by atoms with Gasteiger partial charge >= 0.3 is 0 Å². The lowest BCUT2D eigenvalue weighted by Crippen LogP contribution is -2.47. The third kappa shape index (κ3) is 1.35. The van der Waals surface area contributed by atoms with Crippen molar-refractivity contribution in [2.75, 3.05) is 0 Å². The molecule has 6 aliphatic carbocycles. The van der Waals surface area contributed by atoms with Crippen LogP contribution in [0.25, 0.3) is 0 Å². The fraction of sp³-hybridized carbons (Fsp3) is 0.900. The van der Waals surface area contributed by atoms with Crippen molar-refractivity contribution >= 4 is 0 Å². The Morgan fingerprint density at radius 1 is 1.14 bits per heavy atom. The molecule has 10 atom stereocenters. The molecule has 21 heavy (non-hydrogen) atoms. The highest BCUT2D eigenvalue weighted by Crippen LogP contribution is 2.85. The Labute approximate surface area is 128 Å². The van der Waals surface area contributed by atoms with Crippen LogP contribution in [0.15, 0.2) is 11.6 Å². The Morgan fingerprint density at radius 2 is 2.05 bits per heavy atom. The van der Waals surface area contributed by atoms with Crippen molar-refractivity contribution in [3.05, 3.63) is 11.6 Å². The molecule has 0 heterocycles. The molecule has 114 valence electrons. The molecule has 0 bridgehead atoms. The maximum atomic E-state index is 6.22. The maximum absolute atomic E-state index is 6.22. The van der Waals surface area contributed by atoms with E-state index in [2.05, 4.69) is 13.0 Å². The fourth-order valence-electron chi connectivity index (χ4n) is 8.37. The number of fused-ring (bicyclic) bond motifs is 7. The average Bonchev–Trinajstić information content (AvgIpc) is 3.35. The Bertz CT molecular complexity index is 536. The summed E-state index contributed by atoms with van der Waals surface area (Å²) >= 11 is 0. The zero-order valence-electron chi connectivity index (χ0n) is 13.3. The monoisotopic (exact) mass is 283 g/mol. The largest absolute Gasteiger partial charge is 0.324 e. The summed E-state index contributed by atoms with van der Waals surface area (Å²) in [5.74, 6) is 8.69. The van der Waals surface area contributed by atoms with Crippen molar-refractivity contribution in [3.8, 4) is 0 Å². The molecule has 0 aromatic carbocycles. The lowest BCUT2D eigenvalue weighted by molar-refractivity contribution is -0.0164. The van der Waals surface area contributed by atoms with Gasteiger partial charge in [0.15, 0.2) is 0 Å². The van der Waals surface area contributed by atoms with E-state index in [1.54, 1.807) is 31.3 Å². The van der Waals surface area contributed by atoms with Crippen LogP contribution in [0.3, 0.4) is 0 Å². The first-order valence-electron chi connectivity index (χ1n) is 9.65. The number of rotatable bonds is 0. The predicted octanol–water partition coefficient (Wildman–Crippen LogP) is 3.99. The first kappa shape index (κ1) is 12.2. The minimum Gasteiger partial charge on any atom is -0.324 e. The zero-order valence-corrected chi connectivity index (χ0v) is 13.3. The molecule has 10 unspecified atom stereocenters. The lowest BCUT2D eigenvalue weighted by atomic mass is 9.51. The topological polar surface area (TPSA) is 26.0 Å². The quantitative estimate of drug-likeness (QED) is 0.668. The van der Waals surface area contributed by atoms with Gasteiger partial charge in [0.1, 0.15) is 0 Å². The molecule has 0 amide bonds. The van der Waals surface area contributed by atoms with Gasteiger partial charge in [-0.25, -0.2) is 0 Å². The Hall–Kier alpha value is -0.300. The lowest BCUT2D eigenvalue weighted by Gasteiger charge is -2.54. The molecule has 6 rings (SSSR count). The second kappa shape index (κ2) is 3.61. The van der Waals surface area contributed by atoms with E-state index in [0.717, 1.165) is 35.0 Å². The molecule has 0 aliphatic heterocycles. The Morgan fingerprint density at radius 3 is 2.95 bits per heavy atom. The normalized spacial score (nSPS) is 66.2. The number of hydrogen-bond acceptors (Lipinski definition) is 1. The van der Waals surface area contributed by atoms with E-state index in [9.17, 15) is 0 Å². The summed E-state index contributed by atoms with van der Waals surface area (Å²) in [5.41, 5.74) is 8.88. The van der Waals surface area contributed by atoms with Crippen LogP contribution in [0.4, 0.5) is 0 Å². The van der Waals surface area contributed by atoms with E-state index in [1.807, 2.05) is 0 Å². The molecule has 0 aromatic rings. The standard InChI is InChI=1S/C20H29N/c1-10-6-11-7-12(21)2-3-13(11)14-4-5-20-9-17(20)15-8-16(15)19(20)18(10)14/h7,10,12-19H,2-6,8-9,21H2,1H3. The molecule has 1 spiro atoms. The molecule has 1 heteroatoms. The molecular weight excluding hydrogens is 254 g/mol. The molecule has 0 radical (unpaired) electrons. The van der Waals surface area contributed by atoms with E-state index in [-0.39, 0.29) is 0 Å². The highest BCUT2D eigenvalue weighted by Gasteiger charge is 2.78. The molecule has 0 saturated heterocycles. The van der Waals surface area contributed by atoms with Gasteiger partial charge in [0.2, 0.25) is 0 Å². The summed E-state index contributed by atoms with van der Waals surface area (Å²) in [5, 5.41) is 0. The SMILES string of the molecule is CC1CC2=CC(N)CCC2C2CCC34CC3C3CC3C4C12. The van der Waals surface area contributed by atoms with Gasteiger partial charge in [-0.05, 0) is 97.7 Å². The van der Waals surface area contributed by atoms with Crippen molar-refractivity contribution in [3.63, 3.8) is 0 Å². The molecule has 0 aromatic heterocycles. The maximum Gasteiger partial charge on any atom is 0.0226 e. The van der Waals surface area contributed by atoms with E-state index in [1.165, 1.54) is 37.0 Å². The van der Waals surface area contributed by atoms with Gasteiger partial charge in [0, 0.05) is 6.04 Å². The summed E-state index contributed by atoms with van der Waals surface area (Å²) in [6, 6.07) is 0.363. The van der Waals surface area contributed by atoms with Gasteiger partial charge in [0.05, 0.1) is 0 Å². The minimum atomic E-state index is 0.363. The van der Waals surface area contributed by atoms with Crippen LogP contribution in [0.1, 0.15) is 51.9 Å². The fourth-order valence-corrected chi connectivity index (χ4v) is 8.37. The highest BCUT2D eigenvalue weighted by molar-refractivity contribution is 5.29. The van der Waals surface area contributed by atoms with Crippen LogP contribution in [-0.4, -0.2) is 6.04 Å². The van der Waals surface area contributed by atoms with Gasteiger partial charge in [0.25, 0.3) is 0 Å². The number of allylic oxidation sites excluding steroid dienone is 1. The molecule has 5 fully saturated rings. The van der Waals surface area contributed by atoms with E-state index >= 15 is 0 Å². The summed E-state index contributed by atoms with van der Waals surface area (Å²) in [6.45, 7) is 2.58. The van der Waals surface area contributed by atoms with Gasteiger partial charge < -0.3 is 5.73 Å². The minimum absolute atomic E-state index is 0.363. The van der Waals surface area contributed by atoms with Crippen molar-refractivity contribution in [1.29, 1.82) is 0 Å². The Balaban J connectivity index is 1.40. The highest BCUT2D eigenvalue weighted by atomic mass is 14.8. The van der Waals surface area contributed by atoms with Gasteiger partial charge in [-0.1, -0.05) is 18.6 Å².